The molecule has 1 aromatic heterocycles. The van der Waals surface area contributed by atoms with Crippen molar-refractivity contribution >= 4 is 46.7 Å². The van der Waals surface area contributed by atoms with E-state index in [9.17, 15) is 23.2 Å². The molecule has 1 unspecified atom stereocenters. The number of nitrogen functional groups attached to an aromatic ring is 1. The van der Waals surface area contributed by atoms with E-state index >= 15 is 0 Å². The van der Waals surface area contributed by atoms with Crippen LogP contribution in [0.4, 0.5) is 8.78 Å². The molecular formula is C28H27F2N5O5S2. The van der Waals surface area contributed by atoms with Gasteiger partial charge in [0, 0.05) is 34.3 Å². The summed E-state index contributed by atoms with van der Waals surface area (Å²) in [4.78, 5) is 42.9. The summed E-state index contributed by atoms with van der Waals surface area (Å²) >= 11 is 2.82. The summed E-state index contributed by atoms with van der Waals surface area (Å²) in [7, 11) is 0. The highest BCUT2D eigenvalue weighted by Crippen LogP contribution is 2.46. The average Bonchev–Trinajstić information content (AvgIpc) is 3.62. The number of nitrogens with one attached hydrogen (secondary N) is 3. The predicted molar refractivity (Wildman–Crippen MR) is 152 cm³/mol. The van der Waals surface area contributed by atoms with E-state index in [1.165, 1.54) is 23.1 Å². The second-order valence-corrected chi connectivity index (χ2v) is 11.7. The standard InChI is InChI=1S/C28H27F2N5O5S2/c1-14(23-9-16(13-41-23)25(31)32)34-27(38)18-10-17(39-28(29)30)12-35(18)24(36)11-33-26(37)15-6-7-22-20(8-15)40-19-4-2-3-5-21(19)42-22/h2-9,13-14,17-18,28H,10-12H2,1H3,(H3,31,32)(H,33,37)(H,34,38)/t14?,17-,18+/m1/s1. The lowest BCUT2D eigenvalue weighted by molar-refractivity contribution is -0.160. The number of nitrogens with two attached hydrogens (primary N) is 1. The number of thiophene rings is 1. The minimum Gasteiger partial charge on any atom is -0.455 e. The molecule has 0 radical (unpaired) electrons. The minimum atomic E-state index is -3.07. The lowest BCUT2D eigenvalue weighted by atomic mass is 10.1. The Morgan fingerprint density at radius 2 is 1.90 bits per heavy atom. The third-order valence-corrected chi connectivity index (χ3v) is 9.02. The van der Waals surface area contributed by atoms with E-state index in [1.807, 2.05) is 24.3 Å². The zero-order valence-corrected chi connectivity index (χ0v) is 23.9. The van der Waals surface area contributed by atoms with E-state index in [0.29, 0.717) is 17.1 Å². The number of benzene rings is 2. The van der Waals surface area contributed by atoms with Crippen molar-refractivity contribution in [1.29, 1.82) is 5.41 Å². The summed E-state index contributed by atoms with van der Waals surface area (Å²) in [5.74, 6) is -0.628. The van der Waals surface area contributed by atoms with Crippen molar-refractivity contribution in [3.05, 3.63) is 69.9 Å². The van der Waals surface area contributed by atoms with Crippen molar-refractivity contribution in [2.75, 3.05) is 13.1 Å². The number of halogens is 2. The van der Waals surface area contributed by atoms with Crippen molar-refractivity contribution < 1.29 is 32.6 Å². The van der Waals surface area contributed by atoms with E-state index in [0.717, 1.165) is 19.6 Å². The normalized spacial score (nSPS) is 18.0. The second-order valence-electron chi connectivity index (χ2n) is 9.69. The van der Waals surface area contributed by atoms with Crippen LogP contribution in [0, 0.1) is 5.41 Å². The van der Waals surface area contributed by atoms with Crippen LogP contribution in [-0.2, 0) is 14.3 Å². The van der Waals surface area contributed by atoms with Crippen LogP contribution in [-0.4, -0.2) is 60.3 Å². The van der Waals surface area contributed by atoms with Gasteiger partial charge in [-0.1, -0.05) is 23.9 Å². The van der Waals surface area contributed by atoms with Gasteiger partial charge in [-0.15, -0.1) is 11.3 Å². The highest BCUT2D eigenvalue weighted by atomic mass is 32.2. The Bertz CT molecular complexity index is 1530. The quantitative estimate of drug-likeness (QED) is 0.164. The fraction of sp³-hybridized carbons (Fsp3) is 0.286. The molecule has 3 heterocycles. The van der Waals surface area contributed by atoms with Gasteiger partial charge >= 0.3 is 6.61 Å². The summed E-state index contributed by atoms with van der Waals surface area (Å²) < 4.78 is 36.5. The number of likely N-dealkylation sites (tertiary alicyclic amines) is 1. The largest absolute Gasteiger partial charge is 0.455 e. The maximum Gasteiger partial charge on any atom is 0.345 e. The number of hydrogen-bond donors (Lipinski definition) is 4. The van der Waals surface area contributed by atoms with Crippen LogP contribution in [0.15, 0.2) is 63.7 Å². The SMILES string of the molecule is CC(NC(=O)[C@@H]1C[C@@H](OC(F)F)CN1C(=O)CNC(=O)c1ccc2c(c1)Oc1ccccc1S2)c1cc(C(=N)N)cs1. The van der Waals surface area contributed by atoms with E-state index in [1.54, 1.807) is 36.6 Å². The summed E-state index contributed by atoms with van der Waals surface area (Å²) in [6, 6.07) is 12.6. The first-order valence-corrected chi connectivity index (χ1v) is 14.6. The summed E-state index contributed by atoms with van der Waals surface area (Å²) in [5.41, 5.74) is 6.30. The predicted octanol–water partition coefficient (Wildman–Crippen LogP) is 4.10. The molecule has 2 aliphatic rings. The van der Waals surface area contributed by atoms with Crippen molar-refractivity contribution in [1.82, 2.24) is 15.5 Å². The van der Waals surface area contributed by atoms with Crippen LogP contribution < -0.4 is 21.1 Å². The van der Waals surface area contributed by atoms with Crippen LogP contribution in [0.2, 0.25) is 0 Å². The molecular weight excluding hydrogens is 588 g/mol. The number of nitrogens with zero attached hydrogens (tertiary/aromatic N) is 1. The Morgan fingerprint density at radius 1 is 1.14 bits per heavy atom. The number of fused-ring (bicyclic) bond motifs is 2. The molecule has 1 fully saturated rings. The van der Waals surface area contributed by atoms with Gasteiger partial charge in [-0.05, 0) is 43.3 Å². The number of hydrogen-bond acceptors (Lipinski definition) is 8. The van der Waals surface area contributed by atoms with E-state index in [2.05, 4.69) is 15.4 Å². The Hall–Kier alpha value is -4.01. The number of rotatable bonds is 9. The lowest BCUT2D eigenvalue weighted by Crippen LogP contribution is -2.49. The molecule has 5 rings (SSSR count). The number of carbonyl (C=O) groups excluding carboxylic acids is 3. The molecule has 3 amide bonds. The van der Waals surface area contributed by atoms with Crippen LogP contribution in [0.3, 0.4) is 0 Å². The van der Waals surface area contributed by atoms with Crippen molar-refractivity contribution in [2.24, 2.45) is 5.73 Å². The Labute approximate surface area is 248 Å². The highest BCUT2D eigenvalue weighted by molar-refractivity contribution is 7.99. The van der Waals surface area contributed by atoms with Gasteiger partial charge in [-0.3, -0.25) is 19.8 Å². The molecule has 5 N–H and O–H groups in total. The third kappa shape index (κ3) is 6.55. The first-order valence-electron chi connectivity index (χ1n) is 12.9. The fourth-order valence-corrected chi connectivity index (χ4v) is 6.54. The molecule has 220 valence electrons. The molecule has 14 heteroatoms. The summed E-state index contributed by atoms with van der Waals surface area (Å²) in [5, 5.41) is 14.6. The Kier molecular flexibility index (Phi) is 8.75. The Morgan fingerprint density at radius 3 is 2.64 bits per heavy atom. The monoisotopic (exact) mass is 615 g/mol. The first-order chi connectivity index (χ1) is 20.1. The van der Waals surface area contributed by atoms with Crippen LogP contribution in [0.1, 0.15) is 40.2 Å². The van der Waals surface area contributed by atoms with Gasteiger partial charge in [0.25, 0.3) is 5.91 Å². The average molecular weight is 616 g/mol. The maximum absolute atomic E-state index is 13.2. The van der Waals surface area contributed by atoms with Crippen molar-refractivity contribution in [2.45, 2.75) is 47.9 Å². The Balaban J connectivity index is 1.23. The molecule has 2 aliphatic heterocycles. The first kappa shape index (κ1) is 29.5. The molecule has 0 saturated carbocycles. The zero-order valence-electron chi connectivity index (χ0n) is 22.3. The van der Waals surface area contributed by atoms with Crippen LogP contribution in [0.5, 0.6) is 11.5 Å². The summed E-state index contributed by atoms with van der Waals surface area (Å²) in [6.45, 7) is -2.04. The maximum atomic E-state index is 13.2. The van der Waals surface area contributed by atoms with Crippen molar-refractivity contribution in [3.8, 4) is 11.5 Å². The highest BCUT2D eigenvalue weighted by Gasteiger charge is 2.41. The number of para-hydroxylation sites is 1. The van der Waals surface area contributed by atoms with Gasteiger partial charge in [-0.25, -0.2) is 0 Å². The molecule has 1 saturated heterocycles. The second kappa shape index (κ2) is 12.5. The molecule has 0 bridgehead atoms. The molecule has 3 atom stereocenters. The molecule has 42 heavy (non-hydrogen) atoms. The van der Waals surface area contributed by atoms with Gasteiger partial charge in [0.15, 0.2) is 0 Å². The molecule has 10 nitrogen and oxygen atoms in total. The lowest BCUT2D eigenvalue weighted by Gasteiger charge is -2.25. The number of amides is 3. The fourth-order valence-electron chi connectivity index (χ4n) is 4.70. The van der Waals surface area contributed by atoms with Gasteiger partial charge in [0.2, 0.25) is 11.8 Å². The third-order valence-electron chi connectivity index (χ3n) is 6.79. The van der Waals surface area contributed by atoms with Crippen molar-refractivity contribution in [3.63, 3.8) is 0 Å². The molecule has 0 spiro atoms. The topological polar surface area (TPSA) is 147 Å². The van der Waals surface area contributed by atoms with E-state index < -0.39 is 49.1 Å². The zero-order chi connectivity index (χ0) is 30.0. The number of amidine groups is 1. The minimum absolute atomic E-state index is 0.107. The molecule has 0 aliphatic carbocycles. The van der Waals surface area contributed by atoms with Gasteiger partial charge in [-0.2, -0.15) is 8.78 Å². The van der Waals surface area contributed by atoms with E-state index in [4.69, 9.17) is 15.9 Å². The van der Waals surface area contributed by atoms with Gasteiger partial charge < -0.3 is 30.7 Å². The van der Waals surface area contributed by atoms with Gasteiger partial charge in [0.05, 0.1) is 28.5 Å². The van der Waals surface area contributed by atoms with Crippen LogP contribution >= 0.6 is 23.1 Å². The van der Waals surface area contributed by atoms with Crippen LogP contribution in [0.25, 0.3) is 0 Å². The summed E-state index contributed by atoms with van der Waals surface area (Å²) in [6.07, 6.45) is -1.19. The number of alkyl halides is 2. The smallest absolute Gasteiger partial charge is 0.345 e. The number of ether oxygens (including phenoxy) is 2. The number of carbonyl (C=O) groups is 3. The van der Waals surface area contributed by atoms with Gasteiger partial charge in [0.1, 0.15) is 23.4 Å². The molecule has 2 aromatic carbocycles. The molecule has 3 aromatic rings. The van der Waals surface area contributed by atoms with E-state index in [-0.39, 0.29) is 24.4 Å².